The number of ether oxygens (including phenoxy) is 2. The number of Topliss-reactive ketones (excluding diaryl/α,β-unsaturated/α-hetero) is 1. The number of imide groups is 1. The van der Waals surface area contributed by atoms with Crippen LogP contribution in [-0.4, -0.2) is 37.3 Å². The Labute approximate surface area is 177 Å². The van der Waals surface area contributed by atoms with Crippen LogP contribution >= 0.6 is 0 Å². The van der Waals surface area contributed by atoms with Crippen molar-refractivity contribution < 1.29 is 28.7 Å². The number of hydrogen-bond donors (Lipinski definition) is 0. The number of benzene rings is 3. The van der Waals surface area contributed by atoms with Crippen molar-refractivity contribution in [2.24, 2.45) is 0 Å². The van der Waals surface area contributed by atoms with E-state index in [4.69, 9.17) is 9.47 Å². The van der Waals surface area contributed by atoms with Crippen molar-refractivity contribution in [2.75, 3.05) is 18.6 Å². The van der Waals surface area contributed by atoms with E-state index in [9.17, 15) is 19.2 Å². The topological polar surface area (TPSA) is 90.0 Å². The number of fused-ring (bicyclic) bond motifs is 1. The van der Waals surface area contributed by atoms with Crippen LogP contribution < -0.4 is 9.64 Å². The van der Waals surface area contributed by atoms with Gasteiger partial charge in [0.25, 0.3) is 11.8 Å². The number of carbonyl (C=O) groups excluding carboxylic acids is 4. The molecule has 0 atom stereocenters. The number of carbonyl (C=O) groups is 4. The van der Waals surface area contributed by atoms with Crippen LogP contribution in [0.15, 0.2) is 72.8 Å². The van der Waals surface area contributed by atoms with Gasteiger partial charge in [0.15, 0.2) is 12.4 Å². The Morgan fingerprint density at radius 1 is 0.774 bits per heavy atom. The van der Waals surface area contributed by atoms with Crippen LogP contribution in [0.2, 0.25) is 0 Å². The lowest BCUT2D eigenvalue weighted by molar-refractivity contribution is 0.0474. The quantitative estimate of drug-likeness (QED) is 0.348. The highest BCUT2D eigenvalue weighted by Crippen LogP contribution is 2.28. The third kappa shape index (κ3) is 3.81. The average Bonchev–Trinajstić information content (AvgIpc) is 3.07. The number of esters is 1. The Kier molecular flexibility index (Phi) is 5.32. The summed E-state index contributed by atoms with van der Waals surface area (Å²) in [6.45, 7) is -0.411. The van der Waals surface area contributed by atoms with Crippen LogP contribution in [0.3, 0.4) is 0 Å². The maximum atomic E-state index is 12.5. The predicted octanol–water partition coefficient (Wildman–Crippen LogP) is 3.54. The standard InChI is InChI=1S/C24H17NO6/c1-30-18-12-8-15(9-13-18)21(26)14-31-24(29)16-6-10-17(11-7-16)25-22(27)19-4-2-3-5-20(19)23(25)28/h2-13H,14H2,1H3. The van der Waals surface area contributed by atoms with Crippen molar-refractivity contribution in [3.63, 3.8) is 0 Å². The van der Waals surface area contributed by atoms with Crippen molar-refractivity contribution in [3.8, 4) is 5.75 Å². The van der Waals surface area contributed by atoms with Gasteiger partial charge < -0.3 is 9.47 Å². The second-order valence-electron chi connectivity index (χ2n) is 6.77. The molecule has 0 aromatic heterocycles. The normalized spacial score (nSPS) is 12.5. The molecule has 0 spiro atoms. The number of amides is 2. The lowest BCUT2D eigenvalue weighted by Crippen LogP contribution is -2.29. The highest BCUT2D eigenvalue weighted by atomic mass is 16.5. The summed E-state index contributed by atoms with van der Waals surface area (Å²) in [5, 5.41) is 0. The number of nitrogens with zero attached hydrogens (tertiary/aromatic N) is 1. The van der Waals surface area contributed by atoms with Gasteiger partial charge in [-0.1, -0.05) is 12.1 Å². The molecule has 154 valence electrons. The molecule has 4 rings (SSSR count). The van der Waals surface area contributed by atoms with Gasteiger partial charge in [-0.25, -0.2) is 9.69 Å². The van der Waals surface area contributed by atoms with E-state index in [0.29, 0.717) is 28.1 Å². The molecular formula is C24H17NO6. The van der Waals surface area contributed by atoms with E-state index >= 15 is 0 Å². The molecular weight excluding hydrogens is 398 g/mol. The minimum atomic E-state index is -0.684. The Morgan fingerprint density at radius 2 is 1.32 bits per heavy atom. The lowest BCUT2D eigenvalue weighted by Gasteiger charge is -2.14. The molecule has 0 aliphatic carbocycles. The predicted molar refractivity (Wildman–Crippen MR) is 112 cm³/mol. The minimum absolute atomic E-state index is 0.197. The van der Waals surface area contributed by atoms with E-state index in [1.165, 1.54) is 31.4 Å². The highest BCUT2D eigenvalue weighted by molar-refractivity contribution is 6.34. The van der Waals surface area contributed by atoms with Gasteiger partial charge in [0.2, 0.25) is 0 Å². The van der Waals surface area contributed by atoms with Crippen LogP contribution in [0.25, 0.3) is 0 Å². The van der Waals surface area contributed by atoms with Crippen LogP contribution in [0.5, 0.6) is 5.75 Å². The van der Waals surface area contributed by atoms with E-state index in [0.717, 1.165) is 4.90 Å². The first-order valence-electron chi connectivity index (χ1n) is 9.42. The zero-order chi connectivity index (χ0) is 22.0. The monoisotopic (exact) mass is 415 g/mol. The maximum absolute atomic E-state index is 12.5. The van der Waals surface area contributed by atoms with E-state index < -0.39 is 24.4 Å². The molecule has 0 saturated carbocycles. The molecule has 1 aliphatic heterocycles. The molecule has 0 N–H and O–H groups in total. The first-order chi connectivity index (χ1) is 15.0. The second-order valence-corrected chi connectivity index (χ2v) is 6.77. The van der Waals surface area contributed by atoms with Crippen LogP contribution in [-0.2, 0) is 4.74 Å². The molecule has 1 heterocycles. The molecule has 0 bridgehead atoms. The zero-order valence-corrected chi connectivity index (χ0v) is 16.5. The lowest BCUT2D eigenvalue weighted by atomic mass is 10.1. The summed E-state index contributed by atoms with van der Waals surface area (Å²) in [7, 11) is 1.53. The Bertz CT molecular complexity index is 1150. The van der Waals surface area contributed by atoms with Gasteiger partial charge in [-0.15, -0.1) is 0 Å². The van der Waals surface area contributed by atoms with Crippen LogP contribution in [0.1, 0.15) is 41.4 Å². The van der Waals surface area contributed by atoms with Gasteiger partial charge in [0.1, 0.15) is 5.75 Å². The SMILES string of the molecule is COc1ccc(C(=O)COC(=O)c2ccc(N3C(=O)c4ccccc4C3=O)cc2)cc1. The van der Waals surface area contributed by atoms with Gasteiger partial charge >= 0.3 is 5.97 Å². The zero-order valence-electron chi connectivity index (χ0n) is 16.5. The number of rotatable bonds is 6. The number of anilines is 1. The maximum Gasteiger partial charge on any atom is 0.338 e. The fraction of sp³-hybridized carbons (Fsp3) is 0.0833. The summed E-state index contributed by atoms with van der Waals surface area (Å²) in [4.78, 5) is 50.6. The van der Waals surface area contributed by atoms with Crippen molar-refractivity contribution in [1.82, 2.24) is 0 Å². The first-order valence-corrected chi connectivity index (χ1v) is 9.42. The molecule has 3 aromatic rings. The Morgan fingerprint density at radius 3 is 1.87 bits per heavy atom. The largest absolute Gasteiger partial charge is 0.497 e. The summed E-state index contributed by atoms with van der Waals surface area (Å²) in [6.07, 6.45) is 0. The van der Waals surface area contributed by atoms with E-state index in [1.54, 1.807) is 48.5 Å². The molecule has 3 aromatic carbocycles. The molecule has 7 heteroatoms. The third-order valence-corrected chi connectivity index (χ3v) is 4.90. The summed E-state index contributed by atoms with van der Waals surface area (Å²) in [5.41, 5.74) is 1.62. The van der Waals surface area contributed by atoms with E-state index in [1.807, 2.05) is 0 Å². The highest BCUT2D eigenvalue weighted by Gasteiger charge is 2.36. The number of methoxy groups -OCH3 is 1. The van der Waals surface area contributed by atoms with Gasteiger partial charge in [0, 0.05) is 5.56 Å². The summed E-state index contributed by atoms with van der Waals surface area (Å²) in [5.74, 6) is -1.25. The molecule has 0 saturated heterocycles. The van der Waals surface area contributed by atoms with Crippen molar-refractivity contribution >= 4 is 29.3 Å². The summed E-state index contributed by atoms with van der Waals surface area (Å²) >= 11 is 0. The smallest absolute Gasteiger partial charge is 0.338 e. The Hall–Kier alpha value is -4.26. The van der Waals surface area contributed by atoms with Gasteiger partial charge in [0.05, 0.1) is 29.5 Å². The van der Waals surface area contributed by atoms with Crippen molar-refractivity contribution in [1.29, 1.82) is 0 Å². The number of hydrogen-bond acceptors (Lipinski definition) is 6. The second kappa shape index (κ2) is 8.23. The first kappa shape index (κ1) is 20.0. The van der Waals surface area contributed by atoms with Gasteiger partial charge in [-0.05, 0) is 60.7 Å². The molecule has 2 amide bonds. The molecule has 31 heavy (non-hydrogen) atoms. The molecule has 1 aliphatic rings. The van der Waals surface area contributed by atoms with E-state index in [2.05, 4.69) is 0 Å². The van der Waals surface area contributed by atoms with Gasteiger partial charge in [-0.2, -0.15) is 0 Å². The molecule has 0 fully saturated rings. The molecule has 0 unspecified atom stereocenters. The number of ketones is 1. The summed E-state index contributed by atoms with van der Waals surface area (Å²) in [6, 6.07) is 18.9. The minimum Gasteiger partial charge on any atom is -0.497 e. The third-order valence-electron chi connectivity index (χ3n) is 4.90. The molecule has 0 radical (unpaired) electrons. The van der Waals surface area contributed by atoms with Crippen molar-refractivity contribution in [3.05, 3.63) is 95.1 Å². The molecule has 7 nitrogen and oxygen atoms in total. The fourth-order valence-corrected chi connectivity index (χ4v) is 3.25. The van der Waals surface area contributed by atoms with E-state index in [-0.39, 0.29) is 11.3 Å². The summed E-state index contributed by atoms with van der Waals surface area (Å²) < 4.78 is 10.1. The van der Waals surface area contributed by atoms with Crippen LogP contribution in [0, 0.1) is 0 Å². The average molecular weight is 415 g/mol. The van der Waals surface area contributed by atoms with Crippen molar-refractivity contribution in [2.45, 2.75) is 0 Å². The fourth-order valence-electron chi connectivity index (χ4n) is 3.25. The van der Waals surface area contributed by atoms with Crippen LogP contribution in [0.4, 0.5) is 5.69 Å². The van der Waals surface area contributed by atoms with Gasteiger partial charge in [-0.3, -0.25) is 14.4 Å². The Balaban J connectivity index is 1.41.